The summed E-state index contributed by atoms with van der Waals surface area (Å²) in [6, 6.07) is 7.77. The van der Waals surface area contributed by atoms with Crippen LogP contribution in [0.2, 0.25) is 5.02 Å². The summed E-state index contributed by atoms with van der Waals surface area (Å²) in [5, 5.41) is 10.3. The van der Waals surface area contributed by atoms with Crippen LogP contribution >= 0.6 is 11.6 Å². The van der Waals surface area contributed by atoms with Crippen LogP contribution in [0.3, 0.4) is 0 Å². The molecule has 0 fully saturated rings. The molecule has 4 rings (SSSR count). The molecule has 0 saturated heterocycles. The van der Waals surface area contributed by atoms with Gasteiger partial charge in [0.1, 0.15) is 12.4 Å². The van der Waals surface area contributed by atoms with E-state index < -0.39 is 0 Å². The molecule has 104 valence electrons. The first-order chi connectivity index (χ1) is 10.2. The minimum atomic E-state index is -0.101. The molecule has 6 nitrogen and oxygen atoms in total. The molecular formula is C14H11ClN6. The summed E-state index contributed by atoms with van der Waals surface area (Å²) in [7, 11) is 0. The van der Waals surface area contributed by atoms with Gasteiger partial charge in [0.05, 0.1) is 16.7 Å². The van der Waals surface area contributed by atoms with E-state index in [4.69, 9.17) is 11.6 Å². The van der Waals surface area contributed by atoms with Crippen LogP contribution in [-0.4, -0.2) is 29.4 Å². The van der Waals surface area contributed by atoms with Gasteiger partial charge >= 0.3 is 0 Å². The van der Waals surface area contributed by atoms with Gasteiger partial charge in [-0.25, -0.2) is 14.5 Å². The average Bonchev–Trinajstić information content (AvgIpc) is 3.12. The molecule has 3 heterocycles. The van der Waals surface area contributed by atoms with Crippen molar-refractivity contribution in [2.24, 2.45) is 0 Å². The van der Waals surface area contributed by atoms with Crippen molar-refractivity contribution in [3.8, 4) is 0 Å². The van der Waals surface area contributed by atoms with Gasteiger partial charge in [-0.2, -0.15) is 5.10 Å². The molecule has 1 atom stereocenters. The first-order valence-electron chi connectivity index (χ1n) is 6.52. The van der Waals surface area contributed by atoms with E-state index in [0.717, 1.165) is 16.6 Å². The maximum atomic E-state index is 5.91. The second-order valence-corrected chi connectivity index (χ2v) is 5.25. The fourth-order valence-electron chi connectivity index (χ4n) is 2.32. The van der Waals surface area contributed by atoms with E-state index in [1.165, 1.54) is 0 Å². The topological polar surface area (TPSA) is 60.9 Å². The Morgan fingerprint density at radius 3 is 2.90 bits per heavy atom. The molecule has 0 bridgehead atoms. The molecule has 7 heteroatoms. The highest BCUT2D eigenvalue weighted by atomic mass is 35.5. The Morgan fingerprint density at radius 1 is 1.24 bits per heavy atom. The Bertz CT molecular complexity index is 941. The fraction of sp³-hybridized carbons (Fsp3) is 0.143. The van der Waals surface area contributed by atoms with Crippen LogP contribution in [-0.2, 0) is 0 Å². The van der Waals surface area contributed by atoms with Crippen molar-refractivity contribution in [3.05, 3.63) is 53.8 Å². The highest BCUT2D eigenvalue weighted by molar-refractivity contribution is 6.30. The number of nitrogens with zero attached hydrogens (tertiary/aromatic N) is 6. The van der Waals surface area contributed by atoms with Crippen molar-refractivity contribution in [1.29, 1.82) is 0 Å². The summed E-state index contributed by atoms with van der Waals surface area (Å²) in [4.78, 5) is 9.01. The predicted molar refractivity (Wildman–Crippen MR) is 79.3 cm³/mol. The van der Waals surface area contributed by atoms with Crippen LogP contribution in [0.5, 0.6) is 0 Å². The molecule has 0 radical (unpaired) electrons. The van der Waals surface area contributed by atoms with Gasteiger partial charge in [0.15, 0.2) is 11.5 Å². The minimum absolute atomic E-state index is 0.101. The van der Waals surface area contributed by atoms with Gasteiger partial charge in [-0.1, -0.05) is 23.7 Å². The summed E-state index contributed by atoms with van der Waals surface area (Å²) in [5.74, 6) is 0.674. The largest absolute Gasteiger partial charge is 0.261 e. The van der Waals surface area contributed by atoms with Crippen molar-refractivity contribution >= 4 is 28.2 Å². The normalized spacial score (nSPS) is 13.0. The number of hydrogen-bond acceptors (Lipinski definition) is 4. The maximum absolute atomic E-state index is 5.91. The van der Waals surface area contributed by atoms with Gasteiger partial charge in [0, 0.05) is 11.6 Å². The third-order valence-corrected chi connectivity index (χ3v) is 3.63. The molecule has 4 aromatic rings. The van der Waals surface area contributed by atoms with E-state index in [2.05, 4.69) is 20.2 Å². The van der Waals surface area contributed by atoms with Crippen LogP contribution in [0.25, 0.3) is 16.6 Å². The lowest BCUT2D eigenvalue weighted by Crippen LogP contribution is -2.09. The highest BCUT2D eigenvalue weighted by Gasteiger charge is 2.16. The van der Waals surface area contributed by atoms with Gasteiger partial charge in [0.25, 0.3) is 0 Å². The minimum Gasteiger partial charge on any atom is -0.261 e. The molecule has 0 spiro atoms. The molecule has 1 aromatic carbocycles. The van der Waals surface area contributed by atoms with Gasteiger partial charge in [-0.15, -0.1) is 5.10 Å². The lowest BCUT2D eigenvalue weighted by Gasteiger charge is -2.06. The Kier molecular flexibility index (Phi) is 2.65. The van der Waals surface area contributed by atoms with Crippen molar-refractivity contribution < 1.29 is 0 Å². The Labute approximate surface area is 125 Å². The molecule has 0 aliphatic heterocycles. The number of fused-ring (bicyclic) bond motifs is 3. The van der Waals surface area contributed by atoms with E-state index in [1.807, 2.05) is 31.2 Å². The first-order valence-corrected chi connectivity index (χ1v) is 6.90. The summed E-state index contributed by atoms with van der Waals surface area (Å²) in [5.41, 5.74) is 1.69. The molecule has 3 aromatic heterocycles. The number of aromatic nitrogens is 6. The van der Waals surface area contributed by atoms with E-state index in [9.17, 15) is 0 Å². The monoisotopic (exact) mass is 298 g/mol. The molecule has 0 N–H and O–H groups in total. The lowest BCUT2D eigenvalue weighted by molar-refractivity contribution is 0.536. The summed E-state index contributed by atoms with van der Waals surface area (Å²) in [6.45, 7) is 1.98. The molecule has 0 aliphatic rings. The third kappa shape index (κ3) is 1.95. The second kappa shape index (κ2) is 4.53. The molecule has 21 heavy (non-hydrogen) atoms. The number of para-hydroxylation sites is 1. The molecular weight excluding hydrogens is 288 g/mol. The SMILES string of the molecule is CC(c1nc2c3ccccc3ncn2n1)n1cc(Cl)cn1. The van der Waals surface area contributed by atoms with E-state index >= 15 is 0 Å². The number of hydrogen-bond donors (Lipinski definition) is 0. The number of rotatable bonds is 2. The molecule has 0 aliphatic carbocycles. The number of halogens is 1. The third-order valence-electron chi connectivity index (χ3n) is 3.44. The zero-order valence-electron chi connectivity index (χ0n) is 11.2. The first kappa shape index (κ1) is 12.3. The van der Waals surface area contributed by atoms with Crippen molar-refractivity contribution in [1.82, 2.24) is 29.4 Å². The van der Waals surface area contributed by atoms with Gasteiger partial charge in [-0.3, -0.25) is 4.68 Å². The quantitative estimate of drug-likeness (QED) is 0.571. The van der Waals surface area contributed by atoms with Gasteiger partial charge in [-0.05, 0) is 19.1 Å². The van der Waals surface area contributed by atoms with E-state index in [1.54, 1.807) is 27.9 Å². The Morgan fingerprint density at radius 2 is 2.10 bits per heavy atom. The van der Waals surface area contributed by atoms with Crippen LogP contribution < -0.4 is 0 Å². The van der Waals surface area contributed by atoms with Crippen LogP contribution in [0.1, 0.15) is 18.8 Å². The summed E-state index contributed by atoms with van der Waals surface area (Å²) >= 11 is 5.91. The summed E-state index contributed by atoms with van der Waals surface area (Å²) in [6.07, 6.45) is 5.04. The smallest absolute Gasteiger partial charge is 0.176 e. The lowest BCUT2D eigenvalue weighted by atomic mass is 10.2. The van der Waals surface area contributed by atoms with Gasteiger partial charge in [0.2, 0.25) is 0 Å². The fourth-order valence-corrected chi connectivity index (χ4v) is 2.46. The average molecular weight is 299 g/mol. The van der Waals surface area contributed by atoms with E-state index in [-0.39, 0.29) is 6.04 Å². The molecule has 0 saturated carbocycles. The van der Waals surface area contributed by atoms with Crippen LogP contribution in [0, 0.1) is 0 Å². The van der Waals surface area contributed by atoms with E-state index in [0.29, 0.717) is 10.8 Å². The predicted octanol–water partition coefficient (Wildman–Crippen LogP) is 2.74. The summed E-state index contributed by atoms with van der Waals surface area (Å²) < 4.78 is 3.44. The van der Waals surface area contributed by atoms with Crippen molar-refractivity contribution in [2.75, 3.05) is 0 Å². The zero-order valence-corrected chi connectivity index (χ0v) is 11.9. The van der Waals surface area contributed by atoms with Gasteiger partial charge < -0.3 is 0 Å². The second-order valence-electron chi connectivity index (χ2n) is 4.81. The number of benzene rings is 1. The van der Waals surface area contributed by atoms with Crippen LogP contribution in [0.4, 0.5) is 0 Å². The Hall–Kier alpha value is -2.47. The van der Waals surface area contributed by atoms with Crippen molar-refractivity contribution in [2.45, 2.75) is 13.0 Å². The standard InChI is InChI=1S/C14H11ClN6/c1-9(20-7-10(15)6-17-20)13-18-14-11-4-2-3-5-12(11)16-8-21(14)19-13/h2-9H,1H3. The zero-order chi connectivity index (χ0) is 14.4. The maximum Gasteiger partial charge on any atom is 0.176 e. The van der Waals surface area contributed by atoms with Crippen molar-refractivity contribution in [3.63, 3.8) is 0 Å². The Balaban J connectivity index is 1.88. The van der Waals surface area contributed by atoms with Crippen LogP contribution in [0.15, 0.2) is 43.0 Å². The molecule has 1 unspecified atom stereocenters. The highest BCUT2D eigenvalue weighted by Crippen LogP contribution is 2.20. The molecule has 0 amide bonds.